The fourth-order valence-electron chi connectivity index (χ4n) is 3.73. The van der Waals surface area contributed by atoms with Crippen molar-refractivity contribution in [2.75, 3.05) is 12.0 Å². The highest BCUT2D eigenvalue weighted by Gasteiger charge is 2.34. The Morgan fingerprint density at radius 2 is 1.94 bits per heavy atom. The van der Waals surface area contributed by atoms with Crippen LogP contribution in [-0.2, 0) is 16.1 Å². The number of furan rings is 1. The molecule has 10 nitrogen and oxygen atoms in total. The number of carbonyl (C=O) groups is 2. The zero-order chi connectivity index (χ0) is 25.8. The molecule has 0 bridgehead atoms. The van der Waals surface area contributed by atoms with Crippen LogP contribution in [0.15, 0.2) is 34.7 Å². The van der Waals surface area contributed by atoms with Gasteiger partial charge in [0.25, 0.3) is 5.91 Å². The van der Waals surface area contributed by atoms with Crippen molar-refractivity contribution in [3.63, 3.8) is 0 Å². The van der Waals surface area contributed by atoms with E-state index < -0.39 is 11.6 Å². The van der Waals surface area contributed by atoms with E-state index in [0.717, 1.165) is 11.3 Å². The van der Waals surface area contributed by atoms with E-state index in [0.29, 0.717) is 30.0 Å². The van der Waals surface area contributed by atoms with E-state index in [1.165, 1.54) is 16.8 Å². The van der Waals surface area contributed by atoms with Crippen LogP contribution in [0.4, 0.5) is 5.69 Å². The number of hydrogen-bond donors (Lipinski definition) is 1. The number of carbonyl (C=O) groups excluding carboxylic acids is 2. The Bertz CT molecular complexity index is 1180. The first-order valence-electron chi connectivity index (χ1n) is 11.7. The minimum atomic E-state index is -0.752. The van der Waals surface area contributed by atoms with Gasteiger partial charge in [-0.25, -0.2) is 0 Å². The number of anilines is 1. The van der Waals surface area contributed by atoms with Gasteiger partial charge in [0.15, 0.2) is 5.76 Å². The second kappa shape index (κ2) is 10.7. The lowest BCUT2D eigenvalue weighted by Crippen LogP contribution is -2.54. The van der Waals surface area contributed by atoms with Gasteiger partial charge >= 0.3 is 0 Å². The average Bonchev–Trinajstić information content (AvgIpc) is 3.41. The highest BCUT2D eigenvalue weighted by Crippen LogP contribution is 2.32. The lowest BCUT2D eigenvalue weighted by Gasteiger charge is -2.34. The van der Waals surface area contributed by atoms with Crippen LogP contribution in [0.2, 0.25) is 0 Å². The van der Waals surface area contributed by atoms with E-state index in [9.17, 15) is 9.59 Å². The van der Waals surface area contributed by atoms with Crippen LogP contribution in [0.1, 0.15) is 51.9 Å². The largest absolute Gasteiger partial charge is 0.495 e. The summed E-state index contributed by atoms with van der Waals surface area (Å²) >= 11 is 0. The smallest absolute Gasteiger partial charge is 0.251 e. The van der Waals surface area contributed by atoms with Crippen molar-refractivity contribution >= 4 is 17.5 Å². The molecule has 0 aliphatic rings. The Hall–Kier alpha value is -3.69. The molecule has 2 amide bonds. The average molecular weight is 483 g/mol. The Kier molecular flexibility index (Phi) is 7.93. The number of nitrogens with one attached hydrogen (secondary N) is 1. The highest BCUT2D eigenvalue weighted by atomic mass is 16.5. The second-order valence-electron chi connectivity index (χ2n) is 9.54. The van der Waals surface area contributed by atoms with Crippen LogP contribution in [0.5, 0.6) is 5.75 Å². The van der Waals surface area contributed by atoms with Crippen molar-refractivity contribution in [2.45, 2.75) is 72.5 Å². The molecule has 2 heterocycles. The fourth-order valence-corrected chi connectivity index (χ4v) is 3.73. The molecule has 35 heavy (non-hydrogen) atoms. The number of amides is 2. The summed E-state index contributed by atoms with van der Waals surface area (Å²) in [6.45, 7) is 11.2. The van der Waals surface area contributed by atoms with E-state index in [1.807, 2.05) is 53.7 Å². The van der Waals surface area contributed by atoms with Gasteiger partial charge in [-0.1, -0.05) is 19.4 Å². The van der Waals surface area contributed by atoms with Gasteiger partial charge in [0.05, 0.1) is 12.8 Å². The molecule has 0 radical (unpaired) electrons. The Morgan fingerprint density at radius 3 is 2.54 bits per heavy atom. The van der Waals surface area contributed by atoms with Crippen LogP contribution in [0, 0.1) is 13.8 Å². The third-order valence-electron chi connectivity index (χ3n) is 5.23. The predicted molar refractivity (Wildman–Crippen MR) is 132 cm³/mol. The van der Waals surface area contributed by atoms with Gasteiger partial charge < -0.3 is 14.5 Å². The van der Waals surface area contributed by atoms with Crippen LogP contribution >= 0.6 is 0 Å². The maximum absolute atomic E-state index is 13.8. The van der Waals surface area contributed by atoms with Crippen LogP contribution in [0.25, 0.3) is 11.6 Å². The topological polar surface area (TPSA) is 115 Å². The Balaban J connectivity index is 2.00. The maximum Gasteiger partial charge on any atom is 0.251 e. The van der Waals surface area contributed by atoms with Crippen molar-refractivity contribution in [3.8, 4) is 17.3 Å². The SMILES string of the molecule is CCCC(C(=O)NC(C)(C)C)N(C(=O)Cn1nnc(-c2ccc(C)o2)n1)c1cc(C)ccc1OC. The first-order chi connectivity index (χ1) is 16.5. The number of rotatable bonds is 9. The van der Waals surface area contributed by atoms with Gasteiger partial charge in [-0.05, 0) is 76.1 Å². The number of nitrogens with zero attached hydrogens (tertiary/aromatic N) is 5. The summed E-state index contributed by atoms with van der Waals surface area (Å²) in [5, 5.41) is 15.4. The van der Waals surface area contributed by atoms with Crippen LogP contribution in [-0.4, -0.2) is 50.7 Å². The fraction of sp³-hybridized carbons (Fsp3) is 0.480. The third kappa shape index (κ3) is 6.46. The molecule has 0 fully saturated rings. The Morgan fingerprint density at radius 1 is 1.20 bits per heavy atom. The molecule has 1 aromatic carbocycles. The van der Waals surface area contributed by atoms with Crippen molar-refractivity contribution in [1.82, 2.24) is 25.5 Å². The number of aromatic nitrogens is 4. The molecule has 0 saturated carbocycles. The molecule has 10 heteroatoms. The molecular formula is C25H34N6O4. The van der Waals surface area contributed by atoms with Crippen LogP contribution in [0.3, 0.4) is 0 Å². The number of aryl methyl sites for hydroxylation is 2. The molecule has 3 aromatic rings. The monoisotopic (exact) mass is 482 g/mol. The molecule has 2 aromatic heterocycles. The molecule has 1 unspecified atom stereocenters. The quantitative estimate of drug-likeness (QED) is 0.495. The maximum atomic E-state index is 13.8. The third-order valence-corrected chi connectivity index (χ3v) is 5.23. The van der Waals surface area contributed by atoms with Crippen molar-refractivity contribution in [2.24, 2.45) is 0 Å². The Labute approximate surface area is 205 Å². The molecule has 1 atom stereocenters. The van der Waals surface area contributed by atoms with Gasteiger partial charge in [-0.15, -0.1) is 10.2 Å². The molecule has 0 aliphatic heterocycles. The molecule has 0 spiro atoms. The van der Waals surface area contributed by atoms with E-state index in [4.69, 9.17) is 9.15 Å². The molecule has 1 N–H and O–H groups in total. The number of benzene rings is 1. The van der Waals surface area contributed by atoms with Crippen molar-refractivity contribution < 1.29 is 18.7 Å². The zero-order valence-corrected chi connectivity index (χ0v) is 21.5. The second-order valence-corrected chi connectivity index (χ2v) is 9.54. The van der Waals surface area contributed by atoms with Gasteiger partial charge in [0.1, 0.15) is 24.1 Å². The standard InChI is InChI=1S/C25H34N6O4/c1-8-9-18(24(33)26-25(4,5)6)31(19-14-16(2)10-12-20(19)34-7)22(32)15-30-28-23(27-29-30)21-13-11-17(3)35-21/h10-14,18H,8-9,15H2,1-7H3,(H,26,33). The lowest BCUT2D eigenvalue weighted by atomic mass is 10.0. The van der Waals surface area contributed by atoms with Gasteiger partial charge in [-0.3, -0.25) is 14.5 Å². The predicted octanol–water partition coefficient (Wildman–Crippen LogP) is 3.68. The molecular weight excluding hydrogens is 448 g/mol. The summed E-state index contributed by atoms with van der Waals surface area (Å²) in [7, 11) is 1.54. The minimum Gasteiger partial charge on any atom is -0.495 e. The van der Waals surface area contributed by atoms with Gasteiger partial charge in [0, 0.05) is 5.54 Å². The van der Waals surface area contributed by atoms with Gasteiger partial charge in [-0.2, -0.15) is 4.80 Å². The van der Waals surface area contributed by atoms with Crippen molar-refractivity contribution in [1.29, 1.82) is 0 Å². The summed E-state index contributed by atoms with van der Waals surface area (Å²) < 4.78 is 11.1. The summed E-state index contributed by atoms with van der Waals surface area (Å²) in [5.74, 6) is 1.35. The number of ether oxygens (including phenoxy) is 1. The molecule has 0 aliphatic carbocycles. The normalized spacial score (nSPS) is 12.3. The first kappa shape index (κ1) is 25.9. The summed E-state index contributed by atoms with van der Waals surface area (Å²) in [5.41, 5.74) is 0.985. The highest BCUT2D eigenvalue weighted by molar-refractivity contribution is 6.02. The van der Waals surface area contributed by atoms with Crippen molar-refractivity contribution in [3.05, 3.63) is 41.7 Å². The molecule has 3 rings (SSSR count). The van der Waals surface area contributed by atoms with E-state index in [-0.39, 0.29) is 24.2 Å². The lowest BCUT2D eigenvalue weighted by molar-refractivity contribution is -0.128. The summed E-state index contributed by atoms with van der Waals surface area (Å²) in [6, 6.07) is 8.33. The summed E-state index contributed by atoms with van der Waals surface area (Å²) in [6.07, 6.45) is 1.16. The first-order valence-corrected chi connectivity index (χ1v) is 11.7. The summed E-state index contributed by atoms with van der Waals surface area (Å²) in [4.78, 5) is 29.9. The minimum absolute atomic E-state index is 0.215. The van der Waals surface area contributed by atoms with E-state index in [1.54, 1.807) is 18.2 Å². The molecule has 0 saturated heterocycles. The zero-order valence-electron chi connectivity index (χ0n) is 21.5. The van der Waals surface area contributed by atoms with E-state index >= 15 is 0 Å². The van der Waals surface area contributed by atoms with Crippen LogP contribution < -0.4 is 15.0 Å². The number of methoxy groups -OCH3 is 1. The van der Waals surface area contributed by atoms with E-state index in [2.05, 4.69) is 20.7 Å². The number of hydrogen-bond acceptors (Lipinski definition) is 7. The number of tetrazole rings is 1. The molecule has 188 valence electrons. The van der Waals surface area contributed by atoms with Gasteiger partial charge in [0.2, 0.25) is 11.7 Å².